The number of furan rings is 1. The van der Waals surface area contributed by atoms with Gasteiger partial charge in [-0.2, -0.15) is 0 Å². The van der Waals surface area contributed by atoms with Crippen molar-refractivity contribution in [3.8, 4) is 0 Å². The van der Waals surface area contributed by atoms with Crippen molar-refractivity contribution in [3.63, 3.8) is 0 Å². The highest BCUT2D eigenvalue weighted by Gasteiger charge is 2.33. The third-order valence-corrected chi connectivity index (χ3v) is 6.18. The van der Waals surface area contributed by atoms with Gasteiger partial charge in [0.05, 0.1) is 49.4 Å². The molecule has 0 unspecified atom stereocenters. The number of carbonyl (C=O) groups excluding carboxylic acids is 2. The first-order chi connectivity index (χ1) is 14.0. The molecule has 29 heavy (non-hydrogen) atoms. The molecule has 2 amide bonds. The van der Waals surface area contributed by atoms with Crippen LogP contribution in [0.5, 0.6) is 0 Å². The van der Waals surface area contributed by atoms with Gasteiger partial charge in [0.2, 0.25) is 0 Å². The Morgan fingerprint density at radius 3 is 2.79 bits per heavy atom. The second-order valence-electron chi connectivity index (χ2n) is 6.81. The predicted molar refractivity (Wildman–Crippen MR) is 105 cm³/mol. The van der Waals surface area contributed by atoms with Gasteiger partial charge in [-0.15, -0.1) is 0 Å². The molecule has 0 aliphatic carbocycles. The first-order valence-electron chi connectivity index (χ1n) is 9.19. The molecule has 0 spiro atoms. The normalized spacial score (nSPS) is 20.1. The predicted octanol–water partition coefficient (Wildman–Crippen LogP) is 1.74. The van der Waals surface area contributed by atoms with Crippen molar-refractivity contribution in [2.45, 2.75) is 6.10 Å². The highest BCUT2D eigenvalue weighted by molar-refractivity contribution is 7.91. The average molecular weight is 421 g/mol. The standard InChI is InChI=1S/C19H20FN3O5S/c20-16-9-14(1-2-17(16)22-4-7-29(26)8-5-22)23-11-15(28-19(23)25)10-21-18(24)13-3-6-27-12-13/h1-3,6,9,12,15H,4-5,7-8,10-11H2,(H,21,24)/t15-/m0/s1. The van der Waals surface area contributed by atoms with Crippen molar-refractivity contribution in [2.75, 3.05) is 47.5 Å². The second-order valence-corrected chi connectivity index (χ2v) is 8.51. The highest BCUT2D eigenvalue weighted by atomic mass is 32.2. The number of benzene rings is 1. The van der Waals surface area contributed by atoms with Crippen LogP contribution in [0.25, 0.3) is 0 Å². The number of halogens is 1. The van der Waals surface area contributed by atoms with Gasteiger partial charge < -0.3 is 23.9 Å². The number of amides is 2. The van der Waals surface area contributed by atoms with Crippen molar-refractivity contribution in [2.24, 2.45) is 0 Å². The molecule has 0 radical (unpaired) electrons. The van der Waals surface area contributed by atoms with E-state index in [1.807, 2.05) is 4.90 Å². The van der Waals surface area contributed by atoms with Crippen LogP contribution in [0.1, 0.15) is 10.4 Å². The molecule has 2 aliphatic rings. The number of nitrogens with one attached hydrogen (secondary N) is 1. The number of carbonyl (C=O) groups is 2. The molecule has 4 rings (SSSR count). The molecule has 0 bridgehead atoms. The molecule has 2 saturated heterocycles. The lowest BCUT2D eigenvalue weighted by atomic mass is 10.2. The Balaban J connectivity index is 1.37. The molecule has 2 aromatic rings. The minimum absolute atomic E-state index is 0.137. The molecule has 1 atom stereocenters. The summed E-state index contributed by atoms with van der Waals surface area (Å²) in [5.74, 6) is 0.267. The Kier molecular flexibility index (Phi) is 5.63. The first-order valence-corrected chi connectivity index (χ1v) is 10.7. The van der Waals surface area contributed by atoms with E-state index in [1.54, 1.807) is 12.1 Å². The van der Waals surface area contributed by atoms with Gasteiger partial charge in [-0.05, 0) is 24.3 Å². The molecule has 0 saturated carbocycles. The second kappa shape index (κ2) is 8.34. The topological polar surface area (TPSA) is 98.1 Å². The van der Waals surface area contributed by atoms with E-state index in [4.69, 9.17) is 9.15 Å². The first kappa shape index (κ1) is 19.6. The summed E-state index contributed by atoms with van der Waals surface area (Å²) in [6, 6.07) is 6.12. The van der Waals surface area contributed by atoms with Gasteiger partial charge in [0.1, 0.15) is 29.7 Å². The maximum Gasteiger partial charge on any atom is 0.414 e. The van der Waals surface area contributed by atoms with Crippen LogP contribution in [0.4, 0.5) is 20.6 Å². The number of cyclic esters (lactones) is 1. The Labute approximate surface area is 169 Å². The Hall–Kier alpha value is -2.72. The SMILES string of the molecule is O=C(NC[C@H]1CN(c2ccc(N3CC[S+]([O-])CC3)c(F)c2)C(=O)O1)c1ccoc1. The summed E-state index contributed by atoms with van der Waals surface area (Å²) in [5.41, 5.74) is 1.20. The van der Waals surface area contributed by atoms with E-state index >= 15 is 0 Å². The number of nitrogens with zero attached hydrogens (tertiary/aromatic N) is 2. The summed E-state index contributed by atoms with van der Waals surface area (Å²) >= 11 is -0.841. The maximum absolute atomic E-state index is 14.7. The van der Waals surface area contributed by atoms with Gasteiger partial charge in [-0.1, -0.05) is 11.2 Å². The molecule has 1 N–H and O–H groups in total. The van der Waals surface area contributed by atoms with Gasteiger partial charge in [0, 0.05) is 0 Å². The summed E-state index contributed by atoms with van der Waals surface area (Å²) in [6.45, 7) is 1.41. The van der Waals surface area contributed by atoms with Crippen molar-refractivity contribution >= 4 is 34.6 Å². The van der Waals surface area contributed by atoms with E-state index < -0.39 is 29.2 Å². The lowest BCUT2D eigenvalue weighted by Crippen LogP contribution is -2.40. The molecular formula is C19H20FN3O5S. The number of rotatable bonds is 5. The molecule has 1 aromatic heterocycles. The zero-order valence-corrected chi connectivity index (χ0v) is 16.3. The molecule has 1 aromatic carbocycles. The number of hydrogen-bond donors (Lipinski definition) is 1. The van der Waals surface area contributed by atoms with Crippen molar-refractivity contribution in [1.29, 1.82) is 0 Å². The van der Waals surface area contributed by atoms with Gasteiger partial charge >= 0.3 is 6.09 Å². The van der Waals surface area contributed by atoms with Crippen molar-refractivity contribution in [1.82, 2.24) is 5.32 Å². The fourth-order valence-corrected chi connectivity index (χ4v) is 4.39. The number of ether oxygens (including phenoxy) is 1. The van der Waals surface area contributed by atoms with E-state index in [0.717, 1.165) is 0 Å². The minimum atomic E-state index is -0.841. The van der Waals surface area contributed by atoms with E-state index in [2.05, 4.69) is 5.32 Å². The van der Waals surface area contributed by atoms with Crippen LogP contribution in [0.15, 0.2) is 41.2 Å². The van der Waals surface area contributed by atoms with E-state index in [-0.39, 0.29) is 19.0 Å². The number of hydrogen-bond acceptors (Lipinski definition) is 6. The van der Waals surface area contributed by atoms with Crippen LogP contribution in [-0.2, 0) is 15.9 Å². The lowest BCUT2D eigenvalue weighted by Gasteiger charge is -2.30. The van der Waals surface area contributed by atoms with Gasteiger partial charge in [0.25, 0.3) is 5.91 Å². The minimum Gasteiger partial charge on any atom is -0.616 e. The van der Waals surface area contributed by atoms with Crippen LogP contribution in [0.3, 0.4) is 0 Å². The third-order valence-electron chi connectivity index (χ3n) is 4.91. The Morgan fingerprint density at radius 2 is 2.10 bits per heavy atom. The highest BCUT2D eigenvalue weighted by Crippen LogP contribution is 2.28. The summed E-state index contributed by atoms with van der Waals surface area (Å²) in [4.78, 5) is 27.3. The monoisotopic (exact) mass is 421 g/mol. The van der Waals surface area contributed by atoms with Crippen molar-refractivity contribution in [3.05, 3.63) is 48.2 Å². The molecule has 8 nitrogen and oxygen atoms in total. The van der Waals surface area contributed by atoms with Crippen molar-refractivity contribution < 1.29 is 27.7 Å². The zero-order valence-electron chi connectivity index (χ0n) is 15.5. The van der Waals surface area contributed by atoms with Crippen LogP contribution < -0.4 is 15.1 Å². The van der Waals surface area contributed by atoms with Crippen LogP contribution in [0.2, 0.25) is 0 Å². The third kappa shape index (κ3) is 4.33. The van der Waals surface area contributed by atoms with E-state index in [0.29, 0.717) is 41.5 Å². The maximum atomic E-state index is 14.7. The van der Waals surface area contributed by atoms with Crippen LogP contribution in [-0.4, -0.2) is 60.3 Å². The molecule has 3 heterocycles. The van der Waals surface area contributed by atoms with E-state index in [1.165, 1.54) is 29.6 Å². The summed E-state index contributed by atoms with van der Waals surface area (Å²) in [7, 11) is 0. The zero-order chi connectivity index (χ0) is 20.4. The Bertz CT molecular complexity index is 886. The number of anilines is 2. The molecular weight excluding hydrogens is 401 g/mol. The van der Waals surface area contributed by atoms with Gasteiger partial charge in [-0.3, -0.25) is 9.69 Å². The molecule has 10 heteroatoms. The van der Waals surface area contributed by atoms with Crippen LogP contribution in [0, 0.1) is 5.82 Å². The van der Waals surface area contributed by atoms with Gasteiger partial charge in [0.15, 0.2) is 0 Å². The quantitative estimate of drug-likeness (QED) is 0.739. The smallest absolute Gasteiger partial charge is 0.414 e. The summed E-state index contributed by atoms with van der Waals surface area (Å²) in [5, 5.41) is 2.68. The van der Waals surface area contributed by atoms with E-state index in [9.17, 15) is 18.5 Å². The largest absolute Gasteiger partial charge is 0.616 e. The van der Waals surface area contributed by atoms with Gasteiger partial charge in [-0.25, -0.2) is 9.18 Å². The van der Waals surface area contributed by atoms with Crippen LogP contribution >= 0.6 is 0 Å². The molecule has 2 fully saturated rings. The molecule has 154 valence electrons. The average Bonchev–Trinajstić information content (AvgIpc) is 3.37. The Morgan fingerprint density at radius 1 is 1.31 bits per heavy atom. The molecule has 2 aliphatic heterocycles. The fraction of sp³-hybridized carbons (Fsp3) is 0.368. The fourth-order valence-electron chi connectivity index (χ4n) is 3.34. The lowest BCUT2D eigenvalue weighted by molar-refractivity contribution is 0.0915. The summed E-state index contributed by atoms with van der Waals surface area (Å²) < 4.78 is 36.3. The summed E-state index contributed by atoms with van der Waals surface area (Å²) in [6.07, 6.45) is 1.59.